The van der Waals surface area contributed by atoms with Gasteiger partial charge in [0.1, 0.15) is 0 Å². The number of benzene rings is 1. The van der Waals surface area contributed by atoms with Crippen LogP contribution in [0.25, 0.3) is 0 Å². The van der Waals surface area contributed by atoms with Crippen LogP contribution >= 0.6 is 0 Å². The van der Waals surface area contributed by atoms with Gasteiger partial charge in [-0.15, -0.1) is 0 Å². The first-order valence-electron chi connectivity index (χ1n) is 5.04. The molecule has 0 radical (unpaired) electrons. The van der Waals surface area contributed by atoms with Crippen molar-refractivity contribution in [2.75, 3.05) is 19.0 Å². The molecule has 1 rings (SSSR count). The van der Waals surface area contributed by atoms with Crippen LogP contribution < -0.4 is 4.90 Å². The summed E-state index contributed by atoms with van der Waals surface area (Å²) < 4.78 is 0. The van der Waals surface area contributed by atoms with Crippen LogP contribution in [-0.2, 0) is 6.42 Å². The van der Waals surface area contributed by atoms with Crippen molar-refractivity contribution in [1.82, 2.24) is 0 Å². The Labute approximate surface area is 86.2 Å². The molecule has 0 spiro atoms. The van der Waals surface area contributed by atoms with E-state index in [1.807, 2.05) is 33.2 Å². The molecule has 0 aromatic heterocycles. The lowest BCUT2D eigenvalue weighted by atomic mass is 10.1. The van der Waals surface area contributed by atoms with E-state index in [-0.39, 0.29) is 6.10 Å². The summed E-state index contributed by atoms with van der Waals surface area (Å²) in [4.78, 5) is 2.11. The van der Waals surface area contributed by atoms with Gasteiger partial charge in [-0.2, -0.15) is 0 Å². The molecule has 2 nitrogen and oxygen atoms in total. The highest BCUT2D eigenvalue weighted by atomic mass is 16.3. The SMILES string of the molecule is C[C@@H](O)CCc1ccccc1N(C)C. The van der Waals surface area contributed by atoms with Crippen LogP contribution in [0.15, 0.2) is 24.3 Å². The van der Waals surface area contributed by atoms with E-state index in [9.17, 15) is 5.11 Å². The Morgan fingerprint density at radius 3 is 2.50 bits per heavy atom. The Bertz CT molecular complexity index is 281. The monoisotopic (exact) mass is 193 g/mol. The van der Waals surface area contributed by atoms with Crippen LogP contribution in [0.2, 0.25) is 0 Å². The fraction of sp³-hybridized carbons (Fsp3) is 0.500. The molecule has 1 aromatic carbocycles. The number of hydrogen-bond donors (Lipinski definition) is 1. The molecule has 0 saturated carbocycles. The van der Waals surface area contributed by atoms with Gasteiger partial charge in [-0.1, -0.05) is 18.2 Å². The Kier molecular flexibility index (Phi) is 3.96. The molecular weight excluding hydrogens is 174 g/mol. The maximum Gasteiger partial charge on any atom is 0.0515 e. The number of rotatable bonds is 4. The lowest BCUT2D eigenvalue weighted by molar-refractivity contribution is 0.185. The Morgan fingerprint density at radius 1 is 1.29 bits per heavy atom. The molecule has 1 atom stereocenters. The van der Waals surface area contributed by atoms with Crippen LogP contribution in [0.3, 0.4) is 0 Å². The third-order valence-electron chi connectivity index (χ3n) is 2.30. The van der Waals surface area contributed by atoms with Crippen LogP contribution in [0.1, 0.15) is 18.9 Å². The molecule has 0 aliphatic carbocycles. The zero-order chi connectivity index (χ0) is 10.6. The smallest absolute Gasteiger partial charge is 0.0515 e. The minimum Gasteiger partial charge on any atom is -0.393 e. The molecule has 0 unspecified atom stereocenters. The Morgan fingerprint density at radius 2 is 1.93 bits per heavy atom. The van der Waals surface area contributed by atoms with Gasteiger partial charge in [-0.25, -0.2) is 0 Å². The van der Waals surface area contributed by atoms with Crippen LogP contribution in [0.4, 0.5) is 5.69 Å². The number of aliphatic hydroxyl groups is 1. The number of hydrogen-bond acceptors (Lipinski definition) is 2. The third-order valence-corrected chi connectivity index (χ3v) is 2.30. The van der Waals surface area contributed by atoms with Crippen molar-refractivity contribution in [2.45, 2.75) is 25.9 Å². The third kappa shape index (κ3) is 3.04. The summed E-state index contributed by atoms with van der Waals surface area (Å²) in [6, 6.07) is 8.32. The molecule has 1 N–H and O–H groups in total. The molecule has 2 heteroatoms. The van der Waals surface area contributed by atoms with Gasteiger partial charge < -0.3 is 10.0 Å². The zero-order valence-corrected chi connectivity index (χ0v) is 9.20. The normalized spacial score (nSPS) is 12.6. The van der Waals surface area contributed by atoms with Gasteiger partial charge >= 0.3 is 0 Å². The molecule has 0 fully saturated rings. The molecule has 0 amide bonds. The van der Waals surface area contributed by atoms with Crippen LogP contribution in [0, 0.1) is 0 Å². The predicted octanol–water partition coefficient (Wildman–Crippen LogP) is 2.07. The van der Waals surface area contributed by atoms with Crippen LogP contribution in [0.5, 0.6) is 0 Å². The maximum absolute atomic E-state index is 9.23. The van der Waals surface area contributed by atoms with Crippen molar-refractivity contribution >= 4 is 5.69 Å². The molecule has 0 aliphatic heterocycles. The average Bonchev–Trinajstić information content (AvgIpc) is 2.15. The number of para-hydroxylation sites is 1. The Balaban J connectivity index is 2.74. The molecule has 0 aliphatic rings. The second-order valence-corrected chi connectivity index (χ2v) is 3.91. The summed E-state index contributed by atoms with van der Waals surface area (Å²) in [7, 11) is 4.09. The number of nitrogens with zero attached hydrogens (tertiary/aromatic N) is 1. The van der Waals surface area contributed by atoms with Gasteiger partial charge in [-0.05, 0) is 31.4 Å². The summed E-state index contributed by atoms with van der Waals surface area (Å²) >= 11 is 0. The molecule has 78 valence electrons. The topological polar surface area (TPSA) is 23.5 Å². The second-order valence-electron chi connectivity index (χ2n) is 3.91. The number of anilines is 1. The van der Waals surface area contributed by atoms with Crippen molar-refractivity contribution in [3.8, 4) is 0 Å². The van der Waals surface area contributed by atoms with Crippen molar-refractivity contribution < 1.29 is 5.11 Å². The summed E-state index contributed by atoms with van der Waals surface area (Å²) in [5, 5.41) is 9.23. The summed E-state index contributed by atoms with van der Waals surface area (Å²) in [6.45, 7) is 1.83. The van der Waals surface area contributed by atoms with Crippen molar-refractivity contribution in [1.29, 1.82) is 0 Å². The maximum atomic E-state index is 9.23. The van der Waals surface area contributed by atoms with Crippen molar-refractivity contribution in [3.63, 3.8) is 0 Å². The highest BCUT2D eigenvalue weighted by Crippen LogP contribution is 2.19. The molecule has 0 bridgehead atoms. The minimum atomic E-state index is -0.217. The molecular formula is C12H19NO. The first-order chi connectivity index (χ1) is 6.61. The number of aryl methyl sites for hydroxylation is 1. The largest absolute Gasteiger partial charge is 0.393 e. The highest BCUT2D eigenvalue weighted by molar-refractivity contribution is 5.52. The lowest BCUT2D eigenvalue weighted by Gasteiger charge is -2.17. The first-order valence-corrected chi connectivity index (χ1v) is 5.04. The van der Waals surface area contributed by atoms with Gasteiger partial charge in [-0.3, -0.25) is 0 Å². The van der Waals surface area contributed by atoms with E-state index in [1.54, 1.807) is 0 Å². The quantitative estimate of drug-likeness (QED) is 0.791. The molecule has 1 aromatic rings. The van der Waals surface area contributed by atoms with E-state index in [1.165, 1.54) is 11.3 Å². The Hall–Kier alpha value is -1.02. The predicted molar refractivity (Wildman–Crippen MR) is 60.8 cm³/mol. The van der Waals surface area contributed by atoms with Crippen LogP contribution in [-0.4, -0.2) is 25.3 Å². The number of aliphatic hydroxyl groups excluding tert-OH is 1. The summed E-state index contributed by atoms with van der Waals surface area (Å²) in [5.41, 5.74) is 2.55. The zero-order valence-electron chi connectivity index (χ0n) is 9.20. The van der Waals surface area contributed by atoms with Gasteiger partial charge in [0, 0.05) is 19.8 Å². The van der Waals surface area contributed by atoms with E-state index in [4.69, 9.17) is 0 Å². The fourth-order valence-corrected chi connectivity index (χ4v) is 1.52. The first kappa shape index (κ1) is 11.1. The summed E-state index contributed by atoms with van der Waals surface area (Å²) in [6.07, 6.45) is 1.54. The average molecular weight is 193 g/mol. The van der Waals surface area contributed by atoms with E-state index < -0.39 is 0 Å². The van der Waals surface area contributed by atoms with Crippen molar-refractivity contribution in [2.24, 2.45) is 0 Å². The van der Waals surface area contributed by atoms with Gasteiger partial charge in [0.15, 0.2) is 0 Å². The standard InChI is InChI=1S/C12H19NO/c1-10(14)8-9-11-6-4-5-7-12(11)13(2)3/h4-7,10,14H,8-9H2,1-3H3/t10-/m1/s1. The minimum absolute atomic E-state index is 0.217. The second kappa shape index (κ2) is 5.01. The van der Waals surface area contributed by atoms with E-state index in [0.717, 1.165) is 12.8 Å². The fourth-order valence-electron chi connectivity index (χ4n) is 1.52. The van der Waals surface area contributed by atoms with Gasteiger partial charge in [0.25, 0.3) is 0 Å². The highest BCUT2D eigenvalue weighted by Gasteiger charge is 2.04. The van der Waals surface area contributed by atoms with Gasteiger partial charge in [0.05, 0.1) is 6.10 Å². The van der Waals surface area contributed by atoms with Crippen molar-refractivity contribution in [3.05, 3.63) is 29.8 Å². The summed E-state index contributed by atoms with van der Waals surface area (Å²) in [5.74, 6) is 0. The van der Waals surface area contributed by atoms with E-state index in [2.05, 4.69) is 17.0 Å². The molecule has 14 heavy (non-hydrogen) atoms. The van der Waals surface area contributed by atoms with E-state index in [0.29, 0.717) is 0 Å². The molecule has 0 heterocycles. The van der Waals surface area contributed by atoms with E-state index >= 15 is 0 Å². The van der Waals surface area contributed by atoms with Gasteiger partial charge in [0.2, 0.25) is 0 Å². The molecule has 0 saturated heterocycles. The lowest BCUT2D eigenvalue weighted by Crippen LogP contribution is -2.12.